The van der Waals surface area contributed by atoms with E-state index in [-0.39, 0.29) is 33.8 Å². The maximum atomic E-state index is 12.5. The number of ether oxygens (including phenoxy) is 4. The number of cyclic esters (lactones) is 3. The van der Waals surface area contributed by atoms with Gasteiger partial charge in [0.25, 0.3) is 0 Å². The monoisotopic (exact) mass is 458 g/mol. The van der Waals surface area contributed by atoms with Gasteiger partial charge in [-0.25, -0.2) is 24.0 Å². The number of fused-ring (bicyclic) bond motifs is 2. The van der Waals surface area contributed by atoms with Gasteiger partial charge in [-0.3, -0.25) is 0 Å². The molecule has 0 fully saturated rings. The second-order valence-electron chi connectivity index (χ2n) is 7.54. The van der Waals surface area contributed by atoms with Crippen LogP contribution in [0.5, 0.6) is 11.5 Å². The van der Waals surface area contributed by atoms with Crippen molar-refractivity contribution in [2.24, 2.45) is 0 Å². The molecule has 34 heavy (non-hydrogen) atoms. The largest absolute Gasteiger partial charge is 0.454 e. The van der Waals surface area contributed by atoms with E-state index in [0.29, 0.717) is 11.1 Å². The van der Waals surface area contributed by atoms with Crippen LogP contribution in [0.15, 0.2) is 60.7 Å². The van der Waals surface area contributed by atoms with Gasteiger partial charge in [0.1, 0.15) is 17.6 Å². The molecule has 168 valence electrons. The number of carbonyl (C=O) groups is 5. The lowest BCUT2D eigenvalue weighted by Crippen LogP contribution is -2.10. The first-order valence-electron chi connectivity index (χ1n) is 10.1. The average molecular weight is 458 g/mol. The van der Waals surface area contributed by atoms with Crippen molar-refractivity contribution in [1.82, 2.24) is 0 Å². The van der Waals surface area contributed by atoms with Gasteiger partial charge in [-0.15, -0.1) is 0 Å². The van der Waals surface area contributed by atoms with Crippen molar-refractivity contribution in [3.63, 3.8) is 0 Å². The lowest BCUT2D eigenvalue weighted by atomic mass is 10.0. The molecule has 9 nitrogen and oxygen atoms in total. The summed E-state index contributed by atoms with van der Waals surface area (Å²) in [5.74, 6) is -3.00. The molecule has 3 aromatic rings. The summed E-state index contributed by atoms with van der Waals surface area (Å²) in [5, 5.41) is 0. The minimum absolute atomic E-state index is 0.00131. The Kier molecular flexibility index (Phi) is 4.94. The van der Waals surface area contributed by atoms with Crippen molar-refractivity contribution in [2.75, 3.05) is 0 Å². The van der Waals surface area contributed by atoms with Gasteiger partial charge in [0.2, 0.25) is 0 Å². The fraction of sp³-hybridized carbons (Fsp3) is 0.0800. The molecule has 0 N–H and O–H groups in total. The molecule has 0 saturated carbocycles. The molecule has 2 heterocycles. The molecule has 2 aliphatic heterocycles. The predicted molar refractivity (Wildman–Crippen MR) is 113 cm³/mol. The molecule has 0 radical (unpaired) electrons. The number of esters is 5. The van der Waals surface area contributed by atoms with Crippen LogP contribution in [0.3, 0.4) is 0 Å². The van der Waals surface area contributed by atoms with Crippen molar-refractivity contribution in [3.05, 3.63) is 94.0 Å². The zero-order valence-electron chi connectivity index (χ0n) is 17.5. The Bertz CT molecular complexity index is 1400. The molecular formula is C25H14O9. The number of hydrogen-bond donors (Lipinski definition) is 0. The van der Waals surface area contributed by atoms with Crippen molar-refractivity contribution in [1.29, 1.82) is 0 Å². The quantitative estimate of drug-likeness (QED) is 0.327. The van der Waals surface area contributed by atoms with Crippen LogP contribution in [-0.4, -0.2) is 29.8 Å². The predicted octanol–water partition coefficient (Wildman–Crippen LogP) is 3.67. The van der Waals surface area contributed by atoms with Crippen LogP contribution >= 0.6 is 0 Å². The van der Waals surface area contributed by atoms with Crippen molar-refractivity contribution < 1.29 is 42.9 Å². The smallest absolute Gasteiger partial charge is 0.346 e. The number of carbonyl (C=O) groups excluding carboxylic acids is 5. The normalized spacial score (nSPS) is 15.8. The summed E-state index contributed by atoms with van der Waals surface area (Å²) in [7, 11) is 0. The molecular weight excluding hydrogens is 444 g/mol. The molecule has 0 amide bonds. The maximum Gasteiger partial charge on any atom is 0.346 e. The second kappa shape index (κ2) is 7.96. The summed E-state index contributed by atoms with van der Waals surface area (Å²) in [4.78, 5) is 59.8. The summed E-state index contributed by atoms with van der Waals surface area (Å²) in [6.07, 6.45) is -0.443. The molecule has 0 spiro atoms. The van der Waals surface area contributed by atoms with Crippen LogP contribution in [0.25, 0.3) is 0 Å². The highest BCUT2D eigenvalue weighted by Gasteiger charge is 2.31. The Hall–Kier alpha value is -4.79. The van der Waals surface area contributed by atoms with Crippen LogP contribution in [0.1, 0.15) is 70.4 Å². The van der Waals surface area contributed by atoms with Crippen molar-refractivity contribution >= 4 is 29.8 Å². The Morgan fingerprint density at radius 1 is 0.676 bits per heavy atom. The molecule has 9 heteroatoms. The molecule has 1 unspecified atom stereocenters. The zero-order valence-corrected chi connectivity index (χ0v) is 17.5. The van der Waals surface area contributed by atoms with Gasteiger partial charge < -0.3 is 18.9 Å². The number of benzene rings is 3. The Balaban J connectivity index is 1.25. The van der Waals surface area contributed by atoms with Gasteiger partial charge in [-0.1, -0.05) is 0 Å². The number of rotatable bonds is 4. The summed E-state index contributed by atoms with van der Waals surface area (Å²) in [6, 6.07) is 14.2. The average Bonchev–Trinajstić information content (AvgIpc) is 3.28. The molecule has 0 aromatic heterocycles. The van der Waals surface area contributed by atoms with E-state index >= 15 is 0 Å². The van der Waals surface area contributed by atoms with E-state index in [9.17, 15) is 24.0 Å². The van der Waals surface area contributed by atoms with Gasteiger partial charge in [-0.2, -0.15) is 0 Å². The lowest BCUT2D eigenvalue weighted by Gasteiger charge is -2.08. The van der Waals surface area contributed by atoms with E-state index in [0.717, 1.165) is 0 Å². The van der Waals surface area contributed by atoms with Crippen molar-refractivity contribution in [2.45, 2.75) is 13.0 Å². The Morgan fingerprint density at radius 3 is 1.82 bits per heavy atom. The highest BCUT2D eigenvalue weighted by molar-refractivity contribution is 6.15. The highest BCUT2D eigenvalue weighted by Crippen LogP contribution is 2.31. The van der Waals surface area contributed by atoms with E-state index in [1.165, 1.54) is 54.6 Å². The first kappa shape index (κ1) is 21.1. The van der Waals surface area contributed by atoms with Crippen molar-refractivity contribution in [3.8, 4) is 11.5 Å². The van der Waals surface area contributed by atoms with Crippen LogP contribution in [-0.2, 0) is 9.47 Å². The molecule has 0 saturated heterocycles. The molecule has 3 aromatic carbocycles. The van der Waals surface area contributed by atoms with Crippen LogP contribution < -0.4 is 9.47 Å². The lowest BCUT2D eigenvalue weighted by molar-refractivity contribution is 0.0415. The standard InChI is InChI=1S/C25H14O9/c1-12-19-10-13(2-8-17(19)23(28)31-12)21(26)32-15-4-6-16(7-5-15)33-22(27)14-3-9-18-20(11-14)25(30)34-24(18)29/h2-12H,1H3. The Morgan fingerprint density at radius 2 is 1.21 bits per heavy atom. The summed E-state index contributed by atoms with van der Waals surface area (Å²) in [6.45, 7) is 1.72. The summed E-state index contributed by atoms with van der Waals surface area (Å²) < 4.78 is 20.3. The third kappa shape index (κ3) is 3.69. The second-order valence-corrected chi connectivity index (χ2v) is 7.54. The van der Waals surface area contributed by atoms with Gasteiger partial charge in [0.15, 0.2) is 0 Å². The first-order chi connectivity index (χ1) is 16.3. The van der Waals surface area contributed by atoms with E-state index in [1.54, 1.807) is 13.0 Å². The zero-order chi connectivity index (χ0) is 24.0. The molecule has 0 bridgehead atoms. The van der Waals surface area contributed by atoms with Gasteiger partial charge in [0.05, 0.1) is 27.8 Å². The first-order valence-corrected chi connectivity index (χ1v) is 10.1. The third-order valence-corrected chi connectivity index (χ3v) is 5.35. The van der Waals surface area contributed by atoms with Crippen LogP contribution in [0, 0.1) is 0 Å². The molecule has 2 aliphatic rings. The molecule has 5 rings (SSSR count). The fourth-order valence-electron chi connectivity index (χ4n) is 3.62. The third-order valence-electron chi connectivity index (χ3n) is 5.35. The van der Waals surface area contributed by atoms with Gasteiger partial charge >= 0.3 is 29.8 Å². The van der Waals surface area contributed by atoms with E-state index in [2.05, 4.69) is 4.74 Å². The summed E-state index contributed by atoms with van der Waals surface area (Å²) in [5.41, 5.74) is 1.44. The van der Waals surface area contributed by atoms with E-state index in [1.807, 2.05) is 0 Å². The number of hydrogen-bond acceptors (Lipinski definition) is 9. The Labute approximate surface area is 191 Å². The van der Waals surface area contributed by atoms with E-state index < -0.39 is 36.0 Å². The minimum atomic E-state index is -0.822. The molecule has 1 atom stereocenters. The fourth-order valence-corrected chi connectivity index (χ4v) is 3.62. The highest BCUT2D eigenvalue weighted by atomic mass is 16.6. The molecule has 0 aliphatic carbocycles. The SMILES string of the molecule is CC1OC(=O)c2ccc(C(=O)Oc3ccc(OC(=O)c4ccc5c(c4)C(=O)OC5=O)cc3)cc21. The van der Waals surface area contributed by atoms with Crippen LogP contribution in [0.4, 0.5) is 0 Å². The topological polar surface area (TPSA) is 122 Å². The van der Waals surface area contributed by atoms with Gasteiger partial charge in [0, 0.05) is 5.56 Å². The van der Waals surface area contributed by atoms with E-state index in [4.69, 9.17) is 14.2 Å². The summed E-state index contributed by atoms with van der Waals surface area (Å²) >= 11 is 0. The maximum absolute atomic E-state index is 12.5. The van der Waals surface area contributed by atoms with Gasteiger partial charge in [-0.05, 0) is 67.6 Å². The minimum Gasteiger partial charge on any atom is -0.454 e. The van der Waals surface area contributed by atoms with Crippen LogP contribution in [0.2, 0.25) is 0 Å².